The van der Waals surface area contributed by atoms with E-state index in [2.05, 4.69) is 11.4 Å². The van der Waals surface area contributed by atoms with Crippen molar-refractivity contribution in [2.75, 3.05) is 13.1 Å². The second kappa shape index (κ2) is 4.00. The topological polar surface area (TPSA) is 41.6 Å². The van der Waals surface area contributed by atoms with Crippen molar-refractivity contribution in [1.82, 2.24) is 10.2 Å². The molecule has 1 fully saturated rings. The molecule has 2 atom stereocenters. The lowest BCUT2D eigenvalue weighted by Crippen LogP contribution is -2.48. The fourth-order valence-corrected chi connectivity index (χ4v) is 2.18. The van der Waals surface area contributed by atoms with E-state index in [4.69, 9.17) is 4.74 Å². The molecular formula is C12H20N2O2. The van der Waals surface area contributed by atoms with Gasteiger partial charge in [0.1, 0.15) is 5.60 Å². The number of piperidine rings is 1. The van der Waals surface area contributed by atoms with Crippen LogP contribution in [0.5, 0.6) is 0 Å². The van der Waals surface area contributed by atoms with Gasteiger partial charge in [-0.15, -0.1) is 0 Å². The maximum Gasteiger partial charge on any atom is 0.410 e. The van der Waals surface area contributed by atoms with Crippen LogP contribution < -0.4 is 5.32 Å². The predicted molar refractivity (Wildman–Crippen MR) is 62.0 cm³/mol. The van der Waals surface area contributed by atoms with Gasteiger partial charge in [0.2, 0.25) is 0 Å². The molecule has 1 N–H and O–H groups in total. The van der Waals surface area contributed by atoms with Crippen molar-refractivity contribution in [3.8, 4) is 0 Å². The number of carbonyl (C=O) groups excluding carboxylic acids is 1. The predicted octanol–water partition coefficient (Wildman–Crippen LogP) is 1.73. The maximum absolute atomic E-state index is 11.9. The summed E-state index contributed by atoms with van der Waals surface area (Å²) in [4.78, 5) is 13.7. The fourth-order valence-electron chi connectivity index (χ4n) is 2.18. The number of ether oxygens (including phenoxy) is 1. The van der Waals surface area contributed by atoms with Crippen molar-refractivity contribution in [3.05, 3.63) is 12.3 Å². The summed E-state index contributed by atoms with van der Waals surface area (Å²) >= 11 is 0. The van der Waals surface area contributed by atoms with E-state index < -0.39 is 5.60 Å². The van der Waals surface area contributed by atoms with E-state index in [0.717, 1.165) is 19.5 Å². The van der Waals surface area contributed by atoms with Crippen LogP contribution in [0.25, 0.3) is 0 Å². The average Bonchev–Trinajstić information content (AvgIpc) is 2.61. The zero-order valence-electron chi connectivity index (χ0n) is 10.2. The molecule has 2 heterocycles. The van der Waals surface area contributed by atoms with Crippen molar-refractivity contribution >= 4 is 6.09 Å². The number of carbonyl (C=O) groups is 1. The molecule has 0 aliphatic carbocycles. The molecule has 0 radical (unpaired) electrons. The van der Waals surface area contributed by atoms with Crippen LogP contribution in [-0.2, 0) is 4.74 Å². The SMILES string of the molecule is CC(C)(C)OC(=O)N1CCC2NC=CC2C1. The molecular weight excluding hydrogens is 204 g/mol. The number of nitrogens with zero attached hydrogens (tertiary/aromatic N) is 1. The van der Waals surface area contributed by atoms with Gasteiger partial charge in [0.25, 0.3) is 0 Å². The third-order valence-corrected chi connectivity index (χ3v) is 2.96. The van der Waals surface area contributed by atoms with Gasteiger partial charge in [-0.1, -0.05) is 6.08 Å². The van der Waals surface area contributed by atoms with Gasteiger partial charge < -0.3 is 15.0 Å². The third kappa shape index (κ3) is 2.49. The third-order valence-electron chi connectivity index (χ3n) is 2.96. The second-order valence-corrected chi connectivity index (χ2v) is 5.51. The molecule has 2 rings (SSSR count). The lowest BCUT2D eigenvalue weighted by molar-refractivity contribution is 0.0171. The molecule has 0 aromatic heterocycles. The molecule has 2 unspecified atom stereocenters. The zero-order valence-corrected chi connectivity index (χ0v) is 10.2. The molecule has 2 aliphatic heterocycles. The van der Waals surface area contributed by atoms with Crippen LogP contribution >= 0.6 is 0 Å². The van der Waals surface area contributed by atoms with Gasteiger partial charge in [-0.2, -0.15) is 0 Å². The lowest BCUT2D eigenvalue weighted by Gasteiger charge is -2.35. The van der Waals surface area contributed by atoms with Crippen LogP contribution in [0.2, 0.25) is 0 Å². The van der Waals surface area contributed by atoms with E-state index in [1.54, 1.807) is 0 Å². The number of rotatable bonds is 0. The van der Waals surface area contributed by atoms with Crippen molar-refractivity contribution in [3.63, 3.8) is 0 Å². The second-order valence-electron chi connectivity index (χ2n) is 5.51. The molecule has 4 heteroatoms. The van der Waals surface area contributed by atoms with Crippen molar-refractivity contribution in [1.29, 1.82) is 0 Å². The van der Waals surface area contributed by atoms with Crippen molar-refractivity contribution in [2.24, 2.45) is 5.92 Å². The van der Waals surface area contributed by atoms with Gasteiger partial charge in [0.05, 0.1) is 0 Å². The zero-order chi connectivity index (χ0) is 11.8. The number of likely N-dealkylation sites (tertiary alicyclic amines) is 1. The van der Waals surface area contributed by atoms with Gasteiger partial charge in [0.15, 0.2) is 0 Å². The molecule has 1 amide bonds. The van der Waals surface area contributed by atoms with E-state index in [-0.39, 0.29) is 6.09 Å². The van der Waals surface area contributed by atoms with Gasteiger partial charge in [-0.3, -0.25) is 0 Å². The van der Waals surface area contributed by atoms with Crippen LogP contribution in [-0.4, -0.2) is 35.7 Å². The summed E-state index contributed by atoms with van der Waals surface area (Å²) in [5.41, 5.74) is -0.405. The van der Waals surface area contributed by atoms with E-state index in [1.165, 1.54) is 0 Å². The summed E-state index contributed by atoms with van der Waals surface area (Å²) in [5.74, 6) is 0.446. The van der Waals surface area contributed by atoms with Gasteiger partial charge >= 0.3 is 6.09 Å². The Balaban J connectivity index is 1.91. The highest BCUT2D eigenvalue weighted by atomic mass is 16.6. The molecule has 0 bridgehead atoms. The maximum atomic E-state index is 11.9. The minimum absolute atomic E-state index is 0.189. The summed E-state index contributed by atoms with van der Waals surface area (Å²) < 4.78 is 5.37. The highest BCUT2D eigenvalue weighted by Crippen LogP contribution is 2.23. The molecule has 16 heavy (non-hydrogen) atoms. The molecule has 0 spiro atoms. The van der Waals surface area contributed by atoms with E-state index in [1.807, 2.05) is 31.9 Å². The molecule has 0 aromatic carbocycles. The average molecular weight is 224 g/mol. The number of nitrogens with one attached hydrogen (secondary N) is 1. The number of hydrogen-bond acceptors (Lipinski definition) is 3. The summed E-state index contributed by atoms with van der Waals surface area (Å²) in [6, 6.07) is 0.513. The van der Waals surface area contributed by atoms with Crippen LogP contribution in [0.3, 0.4) is 0 Å². The largest absolute Gasteiger partial charge is 0.444 e. The normalized spacial score (nSPS) is 28.6. The molecule has 0 saturated carbocycles. The fraction of sp³-hybridized carbons (Fsp3) is 0.750. The Labute approximate surface area is 96.6 Å². The monoisotopic (exact) mass is 224 g/mol. The summed E-state index contributed by atoms with van der Waals surface area (Å²) in [7, 11) is 0. The highest BCUT2D eigenvalue weighted by Gasteiger charge is 2.33. The quantitative estimate of drug-likeness (QED) is 0.681. The summed E-state index contributed by atoms with van der Waals surface area (Å²) in [6.45, 7) is 7.24. The Hall–Kier alpha value is -1.19. The molecule has 4 nitrogen and oxygen atoms in total. The Bertz CT molecular complexity index is 307. The number of amides is 1. The molecule has 1 saturated heterocycles. The summed E-state index contributed by atoms with van der Waals surface area (Å²) in [5, 5.41) is 3.31. The van der Waals surface area contributed by atoms with Crippen LogP contribution in [0, 0.1) is 5.92 Å². The molecule has 2 aliphatic rings. The highest BCUT2D eigenvalue weighted by molar-refractivity contribution is 5.68. The van der Waals surface area contributed by atoms with E-state index in [0.29, 0.717) is 12.0 Å². The van der Waals surface area contributed by atoms with Gasteiger partial charge in [-0.05, 0) is 33.4 Å². The van der Waals surface area contributed by atoms with Gasteiger partial charge in [0, 0.05) is 25.0 Å². The van der Waals surface area contributed by atoms with Crippen LogP contribution in [0.4, 0.5) is 4.79 Å². The smallest absolute Gasteiger partial charge is 0.410 e. The molecule has 90 valence electrons. The summed E-state index contributed by atoms with van der Waals surface area (Å²) in [6.07, 6.45) is 4.94. The Morgan fingerprint density at radius 2 is 2.25 bits per heavy atom. The van der Waals surface area contributed by atoms with E-state index >= 15 is 0 Å². The minimum atomic E-state index is -0.405. The Kier molecular flexibility index (Phi) is 2.82. The van der Waals surface area contributed by atoms with Crippen molar-refractivity contribution < 1.29 is 9.53 Å². The first kappa shape index (κ1) is 11.3. The first-order valence-corrected chi connectivity index (χ1v) is 5.86. The standard InChI is InChI=1S/C12H20N2O2/c1-12(2,3)16-11(15)14-7-5-10-9(8-14)4-6-13-10/h4,6,9-10,13H,5,7-8H2,1-3H3. The first-order chi connectivity index (χ1) is 7.46. The Morgan fingerprint density at radius 3 is 2.94 bits per heavy atom. The van der Waals surface area contributed by atoms with Crippen LogP contribution in [0.1, 0.15) is 27.2 Å². The van der Waals surface area contributed by atoms with Gasteiger partial charge in [-0.25, -0.2) is 4.79 Å². The lowest BCUT2D eigenvalue weighted by atomic mass is 9.95. The van der Waals surface area contributed by atoms with E-state index in [9.17, 15) is 4.79 Å². The van der Waals surface area contributed by atoms with Crippen LogP contribution in [0.15, 0.2) is 12.3 Å². The first-order valence-electron chi connectivity index (χ1n) is 5.86. The minimum Gasteiger partial charge on any atom is -0.444 e. The molecule has 0 aromatic rings. The van der Waals surface area contributed by atoms with Crippen molar-refractivity contribution in [2.45, 2.75) is 38.8 Å². The number of hydrogen-bond donors (Lipinski definition) is 1. The Morgan fingerprint density at radius 1 is 1.50 bits per heavy atom. The number of fused-ring (bicyclic) bond motifs is 1.